The van der Waals surface area contributed by atoms with Crippen LogP contribution in [-0.2, 0) is 11.3 Å². The van der Waals surface area contributed by atoms with Crippen LogP contribution in [0.5, 0.6) is 0 Å². The van der Waals surface area contributed by atoms with Gasteiger partial charge in [0.2, 0.25) is 11.5 Å². The van der Waals surface area contributed by atoms with E-state index in [2.05, 4.69) is 24.1 Å². The summed E-state index contributed by atoms with van der Waals surface area (Å²) < 4.78 is 1.68. The van der Waals surface area contributed by atoms with Crippen LogP contribution in [-0.4, -0.2) is 41.1 Å². The number of nitrogens with zero attached hydrogens (tertiary/aromatic N) is 2. The molecule has 1 aromatic heterocycles. The Kier molecular flexibility index (Phi) is 6.84. The van der Waals surface area contributed by atoms with Gasteiger partial charge in [-0.1, -0.05) is 26.3 Å². The van der Waals surface area contributed by atoms with Crippen LogP contribution in [0.4, 0.5) is 0 Å². The fraction of sp³-hybridized carbons (Fsp3) is 0.667. The molecule has 0 saturated carbocycles. The summed E-state index contributed by atoms with van der Waals surface area (Å²) in [4.78, 5) is 26.5. The normalized spacial score (nSPS) is 17.2. The maximum absolute atomic E-state index is 12.5. The molecule has 1 fully saturated rings. The van der Waals surface area contributed by atoms with Crippen LogP contribution in [0.15, 0.2) is 29.2 Å². The van der Waals surface area contributed by atoms with Crippen LogP contribution < -0.4 is 10.9 Å². The predicted molar refractivity (Wildman–Crippen MR) is 92.4 cm³/mol. The second-order valence-corrected chi connectivity index (χ2v) is 6.66. The van der Waals surface area contributed by atoms with E-state index in [0.29, 0.717) is 19.0 Å². The fourth-order valence-corrected chi connectivity index (χ4v) is 3.30. The first-order valence-electron chi connectivity index (χ1n) is 8.77. The van der Waals surface area contributed by atoms with Gasteiger partial charge in [0.05, 0.1) is 6.04 Å². The van der Waals surface area contributed by atoms with Crippen molar-refractivity contribution in [1.82, 2.24) is 14.8 Å². The Labute approximate surface area is 138 Å². The number of amides is 1. The Morgan fingerprint density at radius 1 is 1.22 bits per heavy atom. The Morgan fingerprint density at radius 3 is 2.61 bits per heavy atom. The van der Waals surface area contributed by atoms with Gasteiger partial charge in [0.15, 0.2) is 0 Å². The van der Waals surface area contributed by atoms with E-state index in [4.69, 9.17) is 0 Å². The molecular weight excluding hydrogens is 290 g/mol. The molecule has 1 aliphatic rings. The van der Waals surface area contributed by atoms with E-state index in [1.807, 2.05) is 6.07 Å². The SMILES string of the molecule is CC(C)[C@@H](C(=O)NCCCn1ccccc1=O)N1CCCCC1. The first kappa shape index (κ1) is 17.7. The van der Waals surface area contributed by atoms with Gasteiger partial charge in [0.1, 0.15) is 0 Å². The summed E-state index contributed by atoms with van der Waals surface area (Å²) in [6, 6.07) is 5.12. The number of aromatic nitrogens is 1. The van der Waals surface area contributed by atoms with E-state index in [-0.39, 0.29) is 17.5 Å². The summed E-state index contributed by atoms with van der Waals surface area (Å²) in [6.45, 7) is 7.52. The third-order valence-electron chi connectivity index (χ3n) is 4.46. The second-order valence-electron chi connectivity index (χ2n) is 6.66. The highest BCUT2D eigenvalue weighted by atomic mass is 16.2. The number of aryl methyl sites for hydroxylation is 1. The smallest absolute Gasteiger partial charge is 0.250 e. The fourth-order valence-electron chi connectivity index (χ4n) is 3.30. The topological polar surface area (TPSA) is 54.3 Å². The summed E-state index contributed by atoms with van der Waals surface area (Å²) in [5.74, 6) is 0.437. The monoisotopic (exact) mass is 319 g/mol. The third kappa shape index (κ3) is 5.20. The number of hydrogen-bond donors (Lipinski definition) is 1. The van der Waals surface area contributed by atoms with Gasteiger partial charge in [-0.3, -0.25) is 14.5 Å². The summed E-state index contributed by atoms with van der Waals surface area (Å²) in [5.41, 5.74) is 0.00667. The van der Waals surface area contributed by atoms with Crippen molar-refractivity contribution in [3.8, 4) is 0 Å². The number of carbonyl (C=O) groups excluding carboxylic acids is 1. The average molecular weight is 319 g/mol. The summed E-state index contributed by atoms with van der Waals surface area (Å²) in [6.07, 6.45) is 6.20. The summed E-state index contributed by atoms with van der Waals surface area (Å²) in [5, 5.41) is 3.06. The number of rotatable bonds is 7. The van der Waals surface area contributed by atoms with Crippen LogP contribution >= 0.6 is 0 Å². The molecule has 1 amide bonds. The lowest BCUT2D eigenvalue weighted by molar-refractivity contribution is -0.128. The Balaban J connectivity index is 1.80. The molecule has 0 radical (unpaired) electrons. The number of pyridine rings is 1. The second kappa shape index (κ2) is 8.87. The van der Waals surface area contributed by atoms with E-state index in [9.17, 15) is 9.59 Å². The highest BCUT2D eigenvalue weighted by Crippen LogP contribution is 2.17. The zero-order chi connectivity index (χ0) is 16.7. The first-order valence-corrected chi connectivity index (χ1v) is 8.77. The molecule has 0 aromatic carbocycles. The quantitative estimate of drug-likeness (QED) is 0.781. The van der Waals surface area contributed by atoms with Crippen molar-refractivity contribution in [2.24, 2.45) is 5.92 Å². The highest BCUT2D eigenvalue weighted by molar-refractivity contribution is 5.82. The van der Waals surface area contributed by atoms with Crippen molar-refractivity contribution < 1.29 is 4.79 Å². The molecule has 1 aliphatic heterocycles. The number of carbonyl (C=O) groups is 1. The molecule has 2 heterocycles. The molecule has 23 heavy (non-hydrogen) atoms. The number of nitrogens with one attached hydrogen (secondary N) is 1. The van der Waals surface area contributed by atoms with Gasteiger partial charge in [-0.15, -0.1) is 0 Å². The summed E-state index contributed by atoms with van der Waals surface area (Å²) >= 11 is 0. The minimum absolute atomic E-state index is 0.00667. The van der Waals surface area contributed by atoms with Crippen molar-refractivity contribution in [1.29, 1.82) is 0 Å². The predicted octanol–water partition coefficient (Wildman–Crippen LogP) is 1.87. The molecule has 5 heteroatoms. The van der Waals surface area contributed by atoms with Gasteiger partial charge in [0, 0.05) is 25.4 Å². The first-order chi connectivity index (χ1) is 11.1. The van der Waals surface area contributed by atoms with E-state index in [1.165, 1.54) is 19.3 Å². The van der Waals surface area contributed by atoms with Crippen molar-refractivity contribution in [2.75, 3.05) is 19.6 Å². The average Bonchev–Trinajstić information content (AvgIpc) is 2.54. The summed E-state index contributed by atoms with van der Waals surface area (Å²) in [7, 11) is 0. The van der Waals surface area contributed by atoms with Crippen molar-refractivity contribution >= 4 is 5.91 Å². The van der Waals surface area contributed by atoms with Gasteiger partial charge in [-0.25, -0.2) is 0 Å². The largest absolute Gasteiger partial charge is 0.355 e. The lowest BCUT2D eigenvalue weighted by atomic mass is 9.98. The molecule has 0 bridgehead atoms. The zero-order valence-corrected chi connectivity index (χ0v) is 14.3. The van der Waals surface area contributed by atoms with Crippen LogP contribution in [0.2, 0.25) is 0 Å². The minimum atomic E-state index is -0.0326. The Morgan fingerprint density at radius 2 is 1.96 bits per heavy atom. The lowest BCUT2D eigenvalue weighted by Crippen LogP contribution is -2.51. The van der Waals surface area contributed by atoms with Gasteiger partial charge in [-0.05, 0) is 44.3 Å². The van der Waals surface area contributed by atoms with Gasteiger partial charge in [-0.2, -0.15) is 0 Å². The molecule has 1 aromatic rings. The van der Waals surface area contributed by atoms with Gasteiger partial charge >= 0.3 is 0 Å². The lowest BCUT2D eigenvalue weighted by Gasteiger charge is -2.35. The molecule has 5 nitrogen and oxygen atoms in total. The standard InChI is InChI=1S/C18H29N3O2/c1-15(2)17(21-12-5-3-6-13-21)18(23)19-10-8-14-20-11-7-4-9-16(20)22/h4,7,9,11,15,17H,3,5-6,8,10,12-14H2,1-2H3,(H,19,23)/t17-/m0/s1. The molecule has 0 spiro atoms. The van der Waals surface area contributed by atoms with Crippen molar-refractivity contribution in [2.45, 2.75) is 52.1 Å². The molecule has 128 valence electrons. The maximum Gasteiger partial charge on any atom is 0.250 e. The van der Waals surface area contributed by atoms with Crippen LogP contribution in [0.25, 0.3) is 0 Å². The van der Waals surface area contributed by atoms with E-state index in [0.717, 1.165) is 19.5 Å². The van der Waals surface area contributed by atoms with Crippen LogP contribution in [0.3, 0.4) is 0 Å². The van der Waals surface area contributed by atoms with Crippen LogP contribution in [0, 0.1) is 5.92 Å². The van der Waals surface area contributed by atoms with Gasteiger partial charge < -0.3 is 9.88 Å². The van der Waals surface area contributed by atoms with Crippen LogP contribution in [0.1, 0.15) is 39.5 Å². The molecule has 0 unspecified atom stereocenters. The molecule has 1 N–H and O–H groups in total. The molecule has 1 atom stereocenters. The van der Waals surface area contributed by atoms with Crippen molar-refractivity contribution in [3.05, 3.63) is 34.7 Å². The molecule has 2 rings (SSSR count). The van der Waals surface area contributed by atoms with E-state index < -0.39 is 0 Å². The number of piperidine rings is 1. The van der Waals surface area contributed by atoms with Crippen molar-refractivity contribution in [3.63, 3.8) is 0 Å². The number of hydrogen-bond acceptors (Lipinski definition) is 3. The molecule has 0 aliphatic carbocycles. The Bertz CT molecular complexity index is 547. The molecular formula is C18H29N3O2. The maximum atomic E-state index is 12.5. The zero-order valence-electron chi connectivity index (χ0n) is 14.3. The minimum Gasteiger partial charge on any atom is -0.355 e. The van der Waals surface area contributed by atoms with E-state index >= 15 is 0 Å². The molecule has 1 saturated heterocycles. The Hall–Kier alpha value is -1.62. The number of likely N-dealkylation sites (tertiary alicyclic amines) is 1. The third-order valence-corrected chi connectivity index (χ3v) is 4.46. The highest BCUT2D eigenvalue weighted by Gasteiger charge is 2.29. The van der Waals surface area contributed by atoms with Gasteiger partial charge in [0.25, 0.3) is 0 Å². The van der Waals surface area contributed by atoms with E-state index in [1.54, 1.807) is 22.9 Å².